The summed E-state index contributed by atoms with van der Waals surface area (Å²) in [6.07, 6.45) is 2.64. The second kappa shape index (κ2) is 6.71. The standard InChI is InChI=1S/C13H23NO2/c1-10(2)13(9-15-4)14-11(3)8-12-6-5-7-16-12/h5-7,10-11,13-14H,8-9H2,1-4H3. The predicted octanol–water partition coefficient (Wildman–Crippen LogP) is 2.47. The molecule has 0 fully saturated rings. The molecule has 16 heavy (non-hydrogen) atoms. The summed E-state index contributed by atoms with van der Waals surface area (Å²) in [5.41, 5.74) is 0. The normalized spacial score (nSPS) is 15.3. The van der Waals surface area contributed by atoms with Crippen LogP contribution in [0.25, 0.3) is 0 Å². The molecule has 92 valence electrons. The lowest BCUT2D eigenvalue weighted by molar-refractivity contribution is 0.141. The minimum atomic E-state index is 0.397. The zero-order valence-electron chi connectivity index (χ0n) is 10.7. The van der Waals surface area contributed by atoms with Crippen molar-refractivity contribution in [1.82, 2.24) is 5.32 Å². The van der Waals surface area contributed by atoms with E-state index >= 15 is 0 Å². The fourth-order valence-corrected chi connectivity index (χ4v) is 1.77. The van der Waals surface area contributed by atoms with Crippen LogP contribution in [0.2, 0.25) is 0 Å². The second-order valence-corrected chi connectivity index (χ2v) is 4.66. The average molecular weight is 225 g/mol. The van der Waals surface area contributed by atoms with Gasteiger partial charge in [-0.1, -0.05) is 13.8 Å². The molecule has 0 saturated heterocycles. The lowest BCUT2D eigenvalue weighted by atomic mass is 10.0. The summed E-state index contributed by atoms with van der Waals surface area (Å²) >= 11 is 0. The van der Waals surface area contributed by atoms with Crippen molar-refractivity contribution in [3.05, 3.63) is 24.2 Å². The molecule has 2 unspecified atom stereocenters. The first kappa shape index (κ1) is 13.3. The molecule has 1 aromatic rings. The van der Waals surface area contributed by atoms with E-state index in [1.165, 1.54) is 0 Å². The fourth-order valence-electron chi connectivity index (χ4n) is 1.77. The number of ether oxygens (including phenoxy) is 1. The van der Waals surface area contributed by atoms with Crippen molar-refractivity contribution >= 4 is 0 Å². The summed E-state index contributed by atoms with van der Waals surface area (Å²) in [5.74, 6) is 1.60. The van der Waals surface area contributed by atoms with Crippen molar-refractivity contribution in [3.63, 3.8) is 0 Å². The van der Waals surface area contributed by atoms with Crippen LogP contribution in [0.5, 0.6) is 0 Å². The van der Waals surface area contributed by atoms with Crippen molar-refractivity contribution in [1.29, 1.82) is 0 Å². The van der Waals surface area contributed by atoms with E-state index < -0.39 is 0 Å². The molecule has 1 heterocycles. The zero-order valence-corrected chi connectivity index (χ0v) is 10.7. The molecule has 0 aliphatic rings. The van der Waals surface area contributed by atoms with Crippen molar-refractivity contribution in [2.75, 3.05) is 13.7 Å². The van der Waals surface area contributed by atoms with Gasteiger partial charge in [-0.25, -0.2) is 0 Å². The van der Waals surface area contributed by atoms with Crippen LogP contribution in [-0.2, 0) is 11.2 Å². The van der Waals surface area contributed by atoms with Gasteiger partial charge in [-0.2, -0.15) is 0 Å². The van der Waals surface area contributed by atoms with Crippen LogP contribution in [0.1, 0.15) is 26.5 Å². The van der Waals surface area contributed by atoms with Gasteiger partial charge in [-0.15, -0.1) is 0 Å². The van der Waals surface area contributed by atoms with Crippen LogP contribution < -0.4 is 5.32 Å². The van der Waals surface area contributed by atoms with E-state index in [1.54, 1.807) is 13.4 Å². The third-order valence-electron chi connectivity index (χ3n) is 2.74. The summed E-state index contributed by atoms with van der Waals surface area (Å²) in [4.78, 5) is 0. The quantitative estimate of drug-likeness (QED) is 0.774. The SMILES string of the molecule is COCC(NC(C)Cc1ccco1)C(C)C. The minimum absolute atomic E-state index is 0.397. The van der Waals surface area contributed by atoms with Gasteiger partial charge >= 0.3 is 0 Å². The predicted molar refractivity (Wildman–Crippen MR) is 65.5 cm³/mol. The topological polar surface area (TPSA) is 34.4 Å². The van der Waals surface area contributed by atoms with Crippen LogP contribution in [0, 0.1) is 5.92 Å². The third-order valence-corrected chi connectivity index (χ3v) is 2.74. The molecular formula is C13H23NO2. The Morgan fingerprint density at radius 1 is 1.38 bits per heavy atom. The monoisotopic (exact) mass is 225 g/mol. The molecule has 0 amide bonds. The van der Waals surface area contributed by atoms with E-state index in [-0.39, 0.29) is 0 Å². The first-order valence-corrected chi connectivity index (χ1v) is 5.90. The van der Waals surface area contributed by atoms with Gasteiger partial charge in [-0.3, -0.25) is 0 Å². The van der Waals surface area contributed by atoms with Gasteiger partial charge in [0.15, 0.2) is 0 Å². The Labute approximate surface area is 98.2 Å². The molecule has 3 heteroatoms. The van der Waals surface area contributed by atoms with Gasteiger partial charge in [-0.05, 0) is 25.0 Å². The van der Waals surface area contributed by atoms with E-state index in [0.29, 0.717) is 18.0 Å². The Morgan fingerprint density at radius 2 is 2.12 bits per heavy atom. The van der Waals surface area contributed by atoms with Crippen molar-refractivity contribution < 1.29 is 9.15 Å². The summed E-state index contributed by atoms with van der Waals surface area (Å²) in [5, 5.41) is 3.57. The highest BCUT2D eigenvalue weighted by atomic mass is 16.5. The Hall–Kier alpha value is -0.800. The molecule has 1 N–H and O–H groups in total. The van der Waals surface area contributed by atoms with Gasteiger partial charge in [0.25, 0.3) is 0 Å². The highest BCUT2D eigenvalue weighted by molar-refractivity contribution is 5.00. The molecule has 1 rings (SSSR count). The first-order valence-electron chi connectivity index (χ1n) is 5.90. The molecule has 3 nitrogen and oxygen atoms in total. The summed E-state index contributed by atoms with van der Waals surface area (Å²) in [6, 6.07) is 4.74. The van der Waals surface area contributed by atoms with Crippen molar-refractivity contribution in [2.45, 2.75) is 39.3 Å². The van der Waals surface area contributed by atoms with E-state index in [9.17, 15) is 0 Å². The van der Waals surface area contributed by atoms with Gasteiger partial charge < -0.3 is 14.5 Å². The number of furan rings is 1. The number of hydrogen-bond donors (Lipinski definition) is 1. The summed E-state index contributed by atoms with van der Waals surface area (Å²) in [6.45, 7) is 7.33. The Bertz CT molecular complexity index is 269. The van der Waals surface area contributed by atoms with Gasteiger partial charge in [0.2, 0.25) is 0 Å². The molecule has 0 bridgehead atoms. The molecule has 0 spiro atoms. The summed E-state index contributed by atoms with van der Waals surface area (Å²) in [7, 11) is 1.74. The lowest BCUT2D eigenvalue weighted by Crippen LogP contribution is -2.43. The molecule has 0 aliphatic carbocycles. The fraction of sp³-hybridized carbons (Fsp3) is 0.692. The van der Waals surface area contributed by atoms with Crippen molar-refractivity contribution in [2.24, 2.45) is 5.92 Å². The van der Waals surface area contributed by atoms with Crippen LogP contribution in [0.15, 0.2) is 22.8 Å². The van der Waals surface area contributed by atoms with E-state index in [0.717, 1.165) is 18.8 Å². The van der Waals surface area contributed by atoms with E-state index in [1.807, 2.05) is 12.1 Å². The maximum Gasteiger partial charge on any atom is 0.105 e. The molecule has 0 radical (unpaired) electrons. The lowest BCUT2D eigenvalue weighted by Gasteiger charge is -2.25. The van der Waals surface area contributed by atoms with Crippen molar-refractivity contribution in [3.8, 4) is 0 Å². The molecule has 2 atom stereocenters. The minimum Gasteiger partial charge on any atom is -0.469 e. The average Bonchev–Trinajstić information content (AvgIpc) is 2.69. The van der Waals surface area contributed by atoms with E-state index in [2.05, 4.69) is 26.1 Å². The number of rotatable bonds is 7. The van der Waals surface area contributed by atoms with E-state index in [4.69, 9.17) is 9.15 Å². The Balaban J connectivity index is 2.39. The highest BCUT2D eigenvalue weighted by Crippen LogP contribution is 2.07. The van der Waals surface area contributed by atoms with Crippen LogP contribution in [0.4, 0.5) is 0 Å². The number of nitrogens with one attached hydrogen (secondary N) is 1. The van der Waals surface area contributed by atoms with Crippen LogP contribution in [-0.4, -0.2) is 25.8 Å². The molecule has 0 aliphatic heterocycles. The second-order valence-electron chi connectivity index (χ2n) is 4.66. The smallest absolute Gasteiger partial charge is 0.105 e. The maximum absolute atomic E-state index is 5.33. The Kier molecular flexibility index (Phi) is 5.56. The third kappa shape index (κ3) is 4.37. The molecule has 0 saturated carbocycles. The van der Waals surface area contributed by atoms with Gasteiger partial charge in [0.05, 0.1) is 12.9 Å². The van der Waals surface area contributed by atoms with Crippen LogP contribution >= 0.6 is 0 Å². The first-order chi connectivity index (χ1) is 7.63. The highest BCUT2D eigenvalue weighted by Gasteiger charge is 2.16. The number of hydrogen-bond acceptors (Lipinski definition) is 3. The van der Waals surface area contributed by atoms with Crippen LogP contribution in [0.3, 0.4) is 0 Å². The van der Waals surface area contributed by atoms with Gasteiger partial charge in [0.1, 0.15) is 5.76 Å². The largest absolute Gasteiger partial charge is 0.469 e. The zero-order chi connectivity index (χ0) is 12.0. The molecule has 0 aromatic carbocycles. The molecule has 1 aromatic heterocycles. The van der Waals surface area contributed by atoms with Gasteiger partial charge in [0, 0.05) is 25.6 Å². The summed E-state index contributed by atoms with van der Waals surface area (Å²) < 4.78 is 10.6. The number of methoxy groups -OCH3 is 1. The maximum atomic E-state index is 5.33. The Morgan fingerprint density at radius 3 is 2.62 bits per heavy atom. The molecular weight excluding hydrogens is 202 g/mol.